The van der Waals surface area contributed by atoms with Crippen molar-refractivity contribution in [2.45, 2.75) is 0 Å². The van der Waals surface area contributed by atoms with E-state index in [4.69, 9.17) is 11.6 Å². The molecule has 20 heavy (non-hydrogen) atoms. The molecule has 2 aromatic rings. The van der Waals surface area contributed by atoms with Crippen LogP contribution >= 0.6 is 11.6 Å². The number of hydrogen-bond donors (Lipinski definition) is 2. The van der Waals surface area contributed by atoms with E-state index in [9.17, 15) is 13.6 Å². The van der Waals surface area contributed by atoms with Crippen LogP contribution in [0.2, 0.25) is 5.02 Å². The fraction of sp³-hybridized carbons (Fsp3) is 0.0714. The van der Waals surface area contributed by atoms with E-state index in [1.807, 2.05) is 0 Å². The Morgan fingerprint density at radius 2 is 1.90 bits per heavy atom. The van der Waals surface area contributed by atoms with Crippen LogP contribution in [-0.4, -0.2) is 12.5 Å². The van der Waals surface area contributed by atoms with Crippen LogP contribution in [0.5, 0.6) is 0 Å². The van der Waals surface area contributed by atoms with Gasteiger partial charge in [0.25, 0.3) is 0 Å². The molecule has 0 bridgehead atoms. The number of halogens is 3. The number of anilines is 2. The van der Waals surface area contributed by atoms with Crippen molar-refractivity contribution >= 4 is 28.9 Å². The Labute approximate surface area is 119 Å². The maximum Gasteiger partial charge on any atom is 0.243 e. The molecule has 0 heterocycles. The summed E-state index contributed by atoms with van der Waals surface area (Å²) in [5.74, 6) is -2.37. The SMILES string of the molecule is O=C(CNc1cccc(F)c1F)Nc1cccc(Cl)c1. The summed E-state index contributed by atoms with van der Waals surface area (Å²) >= 11 is 5.78. The molecule has 0 aliphatic rings. The Hall–Kier alpha value is -2.14. The number of carbonyl (C=O) groups is 1. The fourth-order valence-corrected chi connectivity index (χ4v) is 1.78. The second-order valence-electron chi connectivity index (χ2n) is 4.01. The lowest BCUT2D eigenvalue weighted by Gasteiger charge is -2.09. The minimum Gasteiger partial charge on any atom is -0.374 e. The molecular weight excluding hydrogens is 286 g/mol. The molecule has 0 aliphatic heterocycles. The third-order valence-electron chi connectivity index (χ3n) is 2.50. The molecule has 0 fully saturated rings. The predicted octanol–water partition coefficient (Wildman–Crippen LogP) is 3.67. The van der Waals surface area contributed by atoms with Crippen molar-refractivity contribution < 1.29 is 13.6 Å². The summed E-state index contributed by atoms with van der Waals surface area (Å²) in [6.07, 6.45) is 0. The van der Waals surface area contributed by atoms with E-state index in [0.29, 0.717) is 10.7 Å². The van der Waals surface area contributed by atoms with Crippen LogP contribution in [-0.2, 0) is 4.79 Å². The van der Waals surface area contributed by atoms with Crippen molar-refractivity contribution in [1.29, 1.82) is 0 Å². The van der Waals surface area contributed by atoms with E-state index >= 15 is 0 Å². The van der Waals surface area contributed by atoms with Gasteiger partial charge in [0.2, 0.25) is 5.91 Å². The summed E-state index contributed by atoms with van der Waals surface area (Å²) in [4.78, 5) is 11.7. The second kappa shape index (κ2) is 6.34. The van der Waals surface area contributed by atoms with E-state index in [1.165, 1.54) is 12.1 Å². The van der Waals surface area contributed by atoms with E-state index in [1.54, 1.807) is 24.3 Å². The average Bonchev–Trinajstić information content (AvgIpc) is 2.40. The Morgan fingerprint density at radius 1 is 1.15 bits per heavy atom. The van der Waals surface area contributed by atoms with Crippen molar-refractivity contribution in [3.8, 4) is 0 Å². The number of nitrogens with one attached hydrogen (secondary N) is 2. The first-order valence-corrected chi connectivity index (χ1v) is 6.17. The van der Waals surface area contributed by atoms with E-state index in [-0.39, 0.29) is 12.2 Å². The van der Waals surface area contributed by atoms with E-state index < -0.39 is 17.5 Å². The summed E-state index contributed by atoms with van der Waals surface area (Å²) < 4.78 is 26.3. The van der Waals surface area contributed by atoms with Gasteiger partial charge in [0.15, 0.2) is 11.6 Å². The molecule has 2 N–H and O–H groups in total. The quantitative estimate of drug-likeness (QED) is 0.904. The first kappa shape index (κ1) is 14.3. The third kappa shape index (κ3) is 3.68. The van der Waals surface area contributed by atoms with Gasteiger partial charge in [0, 0.05) is 10.7 Å². The maximum absolute atomic E-state index is 13.3. The molecule has 2 aromatic carbocycles. The second-order valence-corrected chi connectivity index (χ2v) is 4.45. The van der Waals surface area contributed by atoms with Crippen molar-refractivity contribution in [1.82, 2.24) is 0 Å². The van der Waals surface area contributed by atoms with E-state index in [0.717, 1.165) is 6.07 Å². The largest absolute Gasteiger partial charge is 0.374 e. The molecule has 0 radical (unpaired) electrons. The molecule has 3 nitrogen and oxygen atoms in total. The zero-order valence-electron chi connectivity index (χ0n) is 10.3. The summed E-state index contributed by atoms with van der Waals surface area (Å²) in [7, 11) is 0. The Balaban J connectivity index is 1.94. The highest BCUT2D eigenvalue weighted by Gasteiger charge is 2.09. The van der Waals surface area contributed by atoms with Crippen LogP contribution < -0.4 is 10.6 Å². The topological polar surface area (TPSA) is 41.1 Å². The van der Waals surface area contributed by atoms with Gasteiger partial charge in [-0.1, -0.05) is 23.7 Å². The number of carbonyl (C=O) groups excluding carboxylic acids is 1. The normalized spacial score (nSPS) is 10.2. The predicted molar refractivity (Wildman–Crippen MR) is 74.9 cm³/mol. The van der Waals surface area contributed by atoms with Gasteiger partial charge in [-0.05, 0) is 30.3 Å². The minimum absolute atomic E-state index is 0.0637. The van der Waals surface area contributed by atoms with Gasteiger partial charge >= 0.3 is 0 Å². The lowest BCUT2D eigenvalue weighted by Crippen LogP contribution is -2.22. The summed E-state index contributed by atoms with van der Waals surface area (Å²) in [6, 6.07) is 10.3. The van der Waals surface area contributed by atoms with Gasteiger partial charge in [-0.2, -0.15) is 0 Å². The first-order chi connectivity index (χ1) is 9.56. The molecule has 0 saturated carbocycles. The molecule has 104 valence electrons. The molecule has 0 spiro atoms. The van der Waals surface area contributed by atoms with Crippen LogP contribution in [0, 0.1) is 11.6 Å². The van der Waals surface area contributed by atoms with Gasteiger partial charge in [-0.15, -0.1) is 0 Å². The minimum atomic E-state index is -1.01. The van der Waals surface area contributed by atoms with Crippen molar-refractivity contribution in [2.75, 3.05) is 17.2 Å². The molecule has 0 atom stereocenters. The molecule has 0 saturated heterocycles. The van der Waals surface area contributed by atoms with Gasteiger partial charge in [-0.25, -0.2) is 8.78 Å². The number of benzene rings is 2. The zero-order chi connectivity index (χ0) is 14.5. The Bertz CT molecular complexity index is 634. The highest BCUT2D eigenvalue weighted by atomic mass is 35.5. The molecule has 2 rings (SSSR count). The molecule has 1 amide bonds. The van der Waals surface area contributed by atoms with Crippen LogP contribution in [0.4, 0.5) is 20.2 Å². The number of rotatable bonds is 4. The van der Waals surface area contributed by atoms with E-state index in [2.05, 4.69) is 10.6 Å². The van der Waals surface area contributed by atoms with Gasteiger partial charge in [0.1, 0.15) is 0 Å². The molecule has 0 aromatic heterocycles. The third-order valence-corrected chi connectivity index (χ3v) is 2.73. The Morgan fingerprint density at radius 3 is 2.65 bits per heavy atom. The highest BCUT2D eigenvalue weighted by Crippen LogP contribution is 2.17. The van der Waals surface area contributed by atoms with Crippen LogP contribution in [0.3, 0.4) is 0 Å². The smallest absolute Gasteiger partial charge is 0.243 e. The van der Waals surface area contributed by atoms with Gasteiger partial charge < -0.3 is 10.6 Å². The Kier molecular flexibility index (Phi) is 4.53. The van der Waals surface area contributed by atoms with Crippen molar-refractivity contribution in [3.05, 3.63) is 59.1 Å². The van der Waals surface area contributed by atoms with Crippen LogP contribution in [0.1, 0.15) is 0 Å². The molecular formula is C14H11ClF2N2O. The standard InChI is InChI=1S/C14H11ClF2N2O/c15-9-3-1-4-10(7-9)19-13(20)8-18-12-6-2-5-11(16)14(12)17/h1-7,18H,8H2,(H,19,20). The maximum atomic E-state index is 13.3. The highest BCUT2D eigenvalue weighted by molar-refractivity contribution is 6.30. The van der Waals surface area contributed by atoms with Crippen molar-refractivity contribution in [2.24, 2.45) is 0 Å². The summed E-state index contributed by atoms with van der Waals surface area (Å²) in [6.45, 7) is -0.188. The average molecular weight is 297 g/mol. The van der Waals surface area contributed by atoms with Crippen LogP contribution in [0.15, 0.2) is 42.5 Å². The number of amides is 1. The summed E-state index contributed by atoms with van der Waals surface area (Å²) in [5, 5.41) is 5.61. The number of hydrogen-bond acceptors (Lipinski definition) is 2. The molecule has 0 unspecified atom stereocenters. The zero-order valence-corrected chi connectivity index (χ0v) is 11.0. The van der Waals surface area contributed by atoms with Crippen LogP contribution in [0.25, 0.3) is 0 Å². The van der Waals surface area contributed by atoms with Gasteiger partial charge in [0.05, 0.1) is 12.2 Å². The lowest BCUT2D eigenvalue weighted by atomic mass is 10.3. The molecule has 0 aliphatic carbocycles. The first-order valence-electron chi connectivity index (χ1n) is 5.79. The lowest BCUT2D eigenvalue weighted by molar-refractivity contribution is -0.114. The fourth-order valence-electron chi connectivity index (χ4n) is 1.59. The summed E-state index contributed by atoms with van der Waals surface area (Å²) in [5.41, 5.74) is 0.468. The molecule has 6 heteroatoms. The van der Waals surface area contributed by atoms with Gasteiger partial charge in [-0.3, -0.25) is 4.79 Å². The van der Waals surface area contributed by atoms with Crippen molar-refractivity contribution in [3.63, 3.8) is 0 Å². The monoisotopic (exact) mass is 296 g/mol.